The largest absolute Gasteiger partial charge is 0.490 e. The van der Waals surface area contributed by atoms with Gasteiger partial charge in [-0.05, 0) is 49.2 Å². The van der Waals surface area contributed by atoms with E-state index in [0.29, 0.717) is 31.3 Å². The number of nitrogens with one attached hydrogen (secondary N) is 1. The molecule has 0 bridgehead atoms. The number of carbonyl (C=O) groups excluding carboxylic acids is 1. The van der Waals surface area contributed by atoms with Gasteiger partial charge in [-0.3, -0.25) is 4.79 Å². The maximum Gasteiger partial charge on any atom is 0.224 e. The Bertz CT molecular complexity index is 671. The van der Waals surface area contributed by atoms with E-state index in [-0.39, 0.29) is 18.1 Å². The summed E-state index contributed by atoms with van der Waals surface area (Å²) in [5, 5.41) is 2.85. The summed E-state index contributed by atoms with van der Waals surface area (Å²) in [5.74, 6) is 0.941. The Labute approximate surface area is 141 Å². The van der Waals surface area contributed by atoms with Crippen LogP contribution in [0.4, 0.5) is 4.39 Å². The highest BCUT2D eigenvalue weighted by atomic mass is 19.1. The molecule has 128 valence electrons. The molecule has 5 heteroatoms. The molecule has 0 fully saturated rings. The Morgan fingerprint density at radius 2 is 1.58 bits per heavy atom. The molecule has 2 rings (SSSR count). The minimum atomic E-state index is -0.308. The Morgan fingerprint density at radius 3 is 2.25 bits per heavy atom. The highest BCUT2D eigenvalue weighted by molar-refractivity contribution is 5.78. The Morgan fingerprint density at radius 1 is 0.958 bits per heavy atom. The van der Waals surface area contributed by atoms with Crippen molar-refractivity contribution in [1.29, 1.82) is 0 Å². The average Bonchev–Trinajstić information content (AvgIpc) is 2.57. The maximum absolute atomic E-state index is 12.9. The van der Waals surface area contributed by atoms with E-state index in [4.69, 9.17) is 9.47 Å². The van der Waals surface area contributed by atoms with Crippen molar-refractivity contribution in [1.82, 2.24) is 5.32 Å². The molecule has 0 saturated heterocycles. The Balaban J connectivity index is 1.94. The van der Waals surface area contributed by atoms with Crippen molar-refractivity contribution in [2.24, 2.45) is 0 Å². The van der Waals surface area contributed by atoms with Gasteiger partial charge in [0.2, 0.25) is 5.91 Å². The van der Waals surface area contributed by atoms with Crippen LogP contribution >= 0.6 is 0 Å². The van der Waals surface area contributed by atoms with Crippen LogP contribution < -0.4 is 14.8 Å². The fourth-order valence-corrected chi connectivity index (χ4v) is 2.26. The average molecular weight is 331 g/mol. The minimum absolute atomic E-state index is 0.117. The van der Waals surface area contributed by atoms with Gasteiger partial charge in [-0.1, -0.05) is 18.2 Å². The molecule has 0 spiro atoms. The van der Waals surface area contributed by atoms with Crippen molar-refractivity contribution in [3.63, 3.8) is 0 Å². The molecular weight excluding hydrogens is 309 g/mol. The Hall–Kier alpha value is -2.56. The first-order valence-electron chi connectivity index (χ1n) is 8.02. The highest BCUT2D eigenvalue weighted by Crippen LogP contribution is 2.28. The number of rotatable bonds is 8. The predicted molar refractivity (Wildman–Crippen MR) is 90.7 cm³/mol. The summed E-state index contributed by atoms with van der Waals surface area (Å²) in [6.07, 6.45) is 0.218. The lowest BCUT2D eigenvalue weighted by atomic mass is 10.1. The van der Waals surface area contributed by atoms with Gasteiger partial charge in [0.05, 0.1) is 19.6 Å². The van der Waals surface area contributed by atoms with Crippen LogP contribution in [0.5, 0.6) is 11.5 Å². The zero-order chi connectivity index (χ0) is 17.4. The lowest BCUT2D eigenvalue weighted by Gasteiger charge is -2.13. The van der Waals surface area contributed by atoms with E-state index in [1.165, 1.54) is 12.1 Å². The smallest absolute Gasteiger partial charge is 0.224 e. The molecule has 0 aliphatic rings. The molecule has 1 N–H and O–H groups in total. The fraction of sp³-hybridized carbons (Fsp3) is 0.316. The van der Waals surface area contributed by atoms with Crippen molar-refractivity contribution < 1.29 is 18.7 Å². The van der Waals surface area contributed by atoms with Crippen LogP contribution in [0, 0.1) is 5.82 Å². The normalized spacial score (nSPS) is 10.3. The van der Waals surface area contributed by atoms with E-state index in [1.807, 2.05) is 32.0 Å². The van der Waals surface area contributed by atoms with Gasteiger partial charge in [-0.25, -0.2) is 4.39 Å². The maximum atomic E-state index is 12.9. The number of amides is 1. The van der Waals surface area contributed by atoms with Gasteiger partial charge >= 0.3 is 0 Å². The first kappa shape index (κ1) is 17.8. The lowest BCUT2D eigenvalue weighted by Crippen LogP contribution is -2.24. The number of carbonyl (C=O) groups is 1. The van der Waals surface area contributed by atoms with Crippen LogP contribution in [0.2, 0.25) is 0 Å². The van der Waals surface area contributed by atoms with E-state index in [9.17, 15) is 9.18 Å². The topological polar surface area (TPSA) is 47.6 Å². The zero-order valence-electron chi connectivity index (χ0n) is 14.0. The van der Waals surface area contributed by atoms with Gasteiger partial charge in [0.25, 0.3) is 0 Å². The molecule has 0 aliphatic carbocycles. The third kappa shape index (κ3) is 5.26. The molecule has 0 radical (unpaired) electrons. The van der Waals surface area contributed by atoms with Crippen molar-refractivity contribution in [3.8, 4) is 11.5 Å². The van der Waals surface area contributed by atoms with Gasteiger partial charge in [0.1, 0.15) is 5.82 Å². The van der Waals surface area contributed by atoms with Crippen LogP contribution in [0.15, 0.2) is 42.5 Å². The Kier molecular flexibility index (Phi) is 6.61. The van der Waals surface area contributed by atoms with Crippen molar-refractivity contribution >= 4 is 5.91 Å². The van der Waals surface area contributed by atoms with Crippen molar-refractivity contribution in [2.45, 2.75) is 26.8 Å². The van der Waals surface area contributed by atoms with Gasteiger partial charge in [0.15, 0.2) is 11.5 Å². The van der Waals surface area contributed by atoms with Crippen LogP contribution in [0.1, 0.15) is 25.0 Å². The van der Waals surface area contributed by atoms with Gasteiger partial charge in [-0.15, -0.1) is 0 Å². The summed E-state index contributed by atoms with van der Waals surface area (Å²) >= 11 is 0. The molecule has 0 aromatic heterocycles. The van der Waals surface area contributed by atoms with E-state index in [1.54, 1.807) is 12.1 Å². The SMILES string of the molecule is CCOc1ccc(CNC(=O)Cc2ccc(F)cc2)cc1OCC. The van der Waals surface area contributed by atoms with E-state index >= 15 is 0 Å². The number of halogens is 1. The fourth-order valence-electron chi connectivity index (χ4n) is 2.26. The second-order valence-corrected chi connectivity index (χ2v) is 5.23. The van der Waals surface area contributed by atoms with Crippen LogP contribution in [-0.4, -0.2) is 19.1 Å². The number of hydrogen-bond donors (Lipinski definition) is 1. The monoisotopic (exact) mass is 331 g/mol. The molecule has 2 aromatic rings. The number of hydrogen-bond acceptors (Lipinski definition) is 3. The standard InChI is InChI=1S/C19H22FNO3/c1-3-23-17-10-7-15(11-18(17)24-4-2)13-21-19(22)12-14-5-8-16(20)9-6-14/h5-11H,3-4,12-13H2,1-2H3,(H,21,22). The molecule has 0 saturated carbocycles. The molecule has 0 aliphatic heterocycles. The van der Waals surface area contributed by atoms with Crippen LogP contribution in [-0.2, 0) is 17.8 Å². The number of benzene rings is 2. The third-order valence-electron chi connectivity index (χ3n) is 3.38. The second-order valence-electron chi connectivity index (χ2n) is 5.23. The van der Waals surface area contributed by atoms with Crippen molar-refractivity contribution in [2.75, 3.05) is 13.2 Å². The second kappa shape index (κ2) is 8.91. The minimum Gasteiger partial charge on any atom is -0.490 e. The van der Waals surface area contributed by atoms with E-state index in [2.05, 4.69) is 5.32 Å². The molecule has 2 aromatic carbocycles. The third-order valence-corrected chi connectivity index (χ3v) is 3.38. The van der Waals surface area contributed by atoms with E-state index in [0.717, 1.165) is 11.1 Å². The number of ether oxygens (including phenoxy) is 2. The summed E-state index contributed by atoms with van der Waals surface area (Å²) in [7, 11) is 0. The zero-order valence-corrected chi connectivity index (χ0v) is 14.0. The van der Waals surface area contributed by atoms with Gasteiger partial charge < -0.3 is 14.8 Å². The van der Waals surface area contributed by atoms with Crippen LogP contribution in [0.3, 0.4) is 0 Å². The van der Waals surface area contributed by atoms with Crippen LogP contribution in [0.25, 0.3) is 0 Å². The summed E-state index contributed by atoms with van der Waals surface area (Å²) < 4.78 is 23.9. The molecular formula is C19H22FNO3. The lowest BCUT2D eigenvalue weighted by molar-refractivity contribution is -0.120. The van der Waals surface area contributed by atoms with Gasteiger partial charge in [-0.2, -0.15) is 0 Å². The summed E-state index contributed by atoms with van der Waals surface area (Å²) in [5.41, 5.74) is 1.70. The van der Waals surface area contributed by atoms with Gasteiger partial charge in [0, 0.05) is 6.54 Å². The molecule has 0 atom stereocenters. The summed E-state index contributed by atoms with van der Waals surface area (Å²) in [6.45, 7) is 5.33. The molecule has 0 unspecified atom stereocenters. The van der Waals surface area contributed by atoms with Crippen molar-refractivity contribution in [3.05, 3.63) is 59.4 Å². The molecule has 0 heterocycles. The molecule has 4 nitrogen and oxygen atoms in total. The highest BCUT2D eigenvalue weighted by Gasteiger charge is 2.08. The molecule has 24 heavy (non-hydrogen) atoms. The summed E-state index contributed by atoms with van der Waals surface area (Å²) in [6, 6.07) is 11.5. The molecule has 1 amide bonds. The van der Waals surface area contributed by atoms with E-state index < -0.39 is 0 Å². The first-order chi connectivity index (χ1) is 11.6. The first-order valence-corrected chi connectivity index (χ1v) is 8.02. The predicted octanol–water partition coefficient (Wildman–Crippen LogP) is 3.48. The summed E-state index contributed by atoms with van der Waals surface area (Å²) in [4.78, 5) is 12.0. The quantitative estimate of drug-likeness (QED) is 0.805.